The lowest BCUT2D eigenvalue weighted by atomic mass is 10.1. The van der Waals surface area contributed by atoms with Gasteiger partial charge in [-0.15, -0.1) is 0 Å². The van der Waals surface area contributed by atoms with Crippen molar-refractivity contribution in [3.05, 3.63) is 56.2 Å². The second-order valence-electron chi connectivity index (χ2n) is 5.21. The fraction of sp³-hybridized carbons (Fsp3) is 0.312. The van der Waals surface area contributed by atoms with E-state index < -0.39 is 0 Å². The summed E-state index contributed by atoms with van der Waals surface area (Å²) >= 11 is 5.19. The number of thiophene rings is 1. The van der Waals surface area contributed by atoms with Gasteiger partial charge in [0.2, 0.25) is 0 Å². The summed E-state index contributed by atoms with van der Waals surface area (Å²) in [7, 11) is 0. The summed E-state index contributed by atoms with van der Waals surface area (Å²) in [5.41, 5.74) is 3.05. The molecule has 0 unspecified atom stereocenters. The number of rotatable bonds is 4. The lowest BCUT2D eigenvalue weighted by molar-refractivity contribution is 0.0729. The first-order valence-electron chi connectivity index (χ1n) is 6.74. The van der Waals surface area contributed by atoms with E-state index in [1.165, 1.54) is 5.56 Å². The largest absolute Gasteiger partial charge is 0.331 e. The predicted octanol–water partition coefficient (Wildman–Crippen LogP) is 4.62. The summed E-state index contributed by atoms with van der Waals surface area (Å²) in [4.78, 5) is 14.9. The molecule has 0 bridgehead atoms. The standard InChI is InChI=1S/C16H16BrNOS/c1-11-14(3-2-4-15(11)17)16(19)18(13-5-6-13)9-12-7-8-20-10-12/h2-4,7-8,10,13H,5-6,9H2,1H3. The van der Waals surface area contributed by atoms with Gasteiger partial charge in [-0.1, -0.05) is 22.0 Å². The summed E-state index contributed by atoms with van der Waals surface area (Å²) in [6.45, 7) is 2.71. The molecule has 2 aromatic rings. The van der Waals surface area contributed by atoms with Crippen molar-refractivity contribution in [3.63, 3.8) is 0 Å². The summed E-state index contributed by atoms with van der Waals surface area (Å²) < 4.78 is 0.995. The second kappa shape index (κ2) is 5.70. The number of hydrogen-bond acceptors (Lipinski definition) is 2. The van der Waals surface area contributed by atoms with Gasteiger partial charge in [0.15, 0.2) is 0 Å². The molecule has 20 heavy (non-hydrogen) atoms. The second-order valence-corrected chi connectivity index (χ2v) is 6.84. The highest BCUT2D eigenvalue weighted by Gasteiger charge is 2.33. The minimum absolute atomic E-state index is 0.150. The van der Waals surface area contributed by atoms with Crippen LogP contribution >= 0.6 is 27.3 Å². The molecule has 0 saturated heterocycles. The van der Waals surface area contributed by atoms with E-state index in [9.17, 15) is 4.79 Å². The molecule has 1 amide bonds. The van der Waals surface area contributed by atoms with Gasteiger partial charge in [0, 0.05) is 22.6 Å². The van der Waals surface area contributed by atoms with E-state index >= 15 is 0 Å². The molecule has 1 aromatic carbocycles. The highest BCUT2D eigenvalue weighted by atomic mass is 79.9. The van der Waals surface area contributed by atoms with Crippen LogP contribution in [0.15, 0.2) is 39.5 Å². The maximum atomic E-state index is 12.8. The molecule has 0 aliphatic heterocycles. The Morgan fingerprint density at radius 1 is 1.40 bits per heavy atom. The van der Waals surface area contributed by atoms with Crippen molar-refractivity contribution in [2.75, 3.05) is 0 Å². The van der Waals surface area contributed by atoms with E-state index in [0.29, 0.717) is 6.04 Å². The van der Waals surface area contributed by atoms with E-state index in [1.807, 2.05) is 30.0 Å². The molecular weight excluding hydrogens is 334 g/mol. The average molecular weight is 350 g/mol. The van der Waals surface area contributed by atoms with E-state index in [1.54, 1.807) is 11.3 Å². The highest BCUT2D eigenvalue weighted by molar-refractivity contribution is 9.10. The molecule has 1 heterocycles. The molecule has 0 N–H and O–H groups in total. The van der Waals surface area contributed by atoms with Gasteiger partial charge in [0.25, 0.3) is 5.91 Å². The van der Waals surface area contributed by atoms with E-state index in [-0.39, 0.29) is 5.91 Å². The van der Waals surface area contributed by atoms with Gasteiger partial charge in [-0.25, -0.2) is 0 Å². The number of carbonyl (C=O) groups excluding carboxylic acids is 1. The Morgan fingerprint density at radius 2 is 2.20 bits per heavy atom. The minimum atomic E-state index is 0.150. The first kappa shape index (κ1) is 13.8. The molecular formula is C16H16BrNOS. The SMILES string of the molecule is Cc1c(Br)cccc1C(=O)N(Cc1ccsc1)C1CC1. The van der Waals surface area contributed by atoms with Crippen LogP contribution in [0.3, 0.4) is 0 Å². The molecule has 0 spiro atoms. The lowest BCUT2D eigenvalue weighted by Gasteiger charge is -2.23. The summed E-state index contributed by atoms with van der Waals surface area (Å²) in [6.07, 6.45) is 2.26. The molecule has 1 aliphatic rings. The van der Waals surface area contributed by atoms with Crippen LogP contribution in [-0.2, 0) is 6.54 Å². The summed E-state index contributed by atoms with van der Waals surface area (Å²) in [6, 6.07) is 8.35. The normalized spacial score (nSPS) is 14.3. The molecule has 0 atom stereocenters. The number of halogens is 1. The zero-order valence-corrected chi connectivity index (χ0v) is 13.7. The maximum absolute atomic E-state index is 12.8. The third kappa shape index (κ3) is 2.81. The molecule has 1 fully saturated rings. The first-order chi connectivity index (χ1) is 9.66. The Hall–Kier alpha value is -1.13. The lowest BCUT2D eigenvalue weighted by Crippen LogP contribution is -2.33. The fourth-order valence-corrected chi connectivity index (χ4v) is 3.35. The van der Waals surface area contributed by atoms with E-state index in [4.69, 9.17) is 0 Å². The molecule has 1 aromatic heterocycles. The Bertz CT molecular complexity index is 619. The van der Waals surface area contributed by atoms with Gasteiger partial charge in [-0.05, 0) is 59.9 Å². The van der Waals surface area contributed by atoms with Crippen LogP contribution in [0.4, 0.5) is 0 Å². The average Bonchev–Trinajstić information content (AvgIpc) is 3.15. The molecule has 1 aliphatic carbocycles. The third-order valence-corrected chi connectivity index (χ3v) is 5.27. The summed E-state index contributed by atoms with van der Waals surface area (Å²) in [5, 5.41) is 4.19. The Balaban J connectivity index is 1.87. The van der Waals surface area contributed by atoms with Crippen molar-refractivity contribution in [2.45, 2.75) is 32.4 Å². The van der Waals surface area contributed by atoms with Crippen molar-refractivity contribution in [1.29, 1.82) is 0 Å². The van der Waals surface area contributed by atoms with Crippen LogP contribution in [0.1, 0.15) is 34.3 Å². The van der Waals surface area contributed by atoms with Crippen molar-refractivity contribution in [3.8, 4) is 0 Å². The fourth-order valence-electron chi connectivity index (χ4n) is 2.33. The number of amides is 1. The molecule has 0 radical (unpaired) electrons. The zero-order valence-electron chi connectivity index (χ0n) is 11.3. The van der Waals surface area contributed by atoms with Gasteiger partial charge in [-0.3, -0.25) is 4.79 Å². The molecule has 2 nitrogen and oxygen atoms in total. The Morgan fingerprint density at radius 3 is 2.85 bits per heavy atom. The van der Waals surface area contributed by atoms with Gasteiger partial charge in [-0.2, -0.15) is 11.3 Å². The number of carbonyl (C=O) groups is 1. The van der Waals surface area contributed by atoms with Gasteiger partial charge in [0.1, 0.15) is 0 Å². The highest BCUT2D eigenvalue weighted by Crippen LogP contribution is 2.31. The molecule has 1 saturated carbocycles. The van der Waals surface area contributed by atoms with E-state index in [2.05, 4.69) is 32.8 Å². The molecule has 4 heteroatoms. The first-order valence-corrected chi connectivity index (χ1v) is 8.47. The minimum Gasteiger partial charge on any atom is -0.331 e. The smallest absolute Gasteiger partial charge is 0.254 e. The van der Waals surface area contributed by atoms with Crippen LogP contribution in [0, 0.1) is 6.92 Å². The van der Waals surface area contributed by atoms with Gasteiger partial charge < -0.3 is 4.90 Å². The van der Waals surface area contributed by atoms with Crippen LogP contribution in [0.5, 0.6) is 0 Å². The van der Waals surface area contributed by atoms with Gasteiger partial charge in [0.05, 0.1) is 0 Å². The van der Waals surface area contributed by atoms with E-state index in [0.717, 1.165) is 35.0 Å². The Labute approximate surface area is 131 Å². The topological polar surface area (TPSA) is 20.3 Å². The van der Waals surface area contributed by atoms with Crippen LogP contribution in [0.25, 0.3) is 0 Å². The Kier molecular flexibility index (Phi) is 3.94. The van der Waals surface area contributed by atoms with Crippen molar-refractivity contribution >= 4 is 33.2 Å². The third-order valence-electron chi connectivity index (χ3n) is 3.68. The number of benzene rings is 1. The molecule has 3 rings (SSSR count). The monoisotopic (exact) mass is 349 g/mol. The van der Waals surface area contributed by atoms with Crippen LogP contribution in [-0.4, -0.2) is 16.8 Å². The predicted molar refractivity (Wildman–Crippen MR) is 86.1 cm³/mol. The quantitative estimate of drug-likeness (QED) is 0.788. The van der Waals surface area contributed by atoms with Crippen molar-refractivity contribution in [1.82, 2.24) is 4.90 Å². The zero-order chi connectivity index (χ0) is 14.1. The molecule has 104 valence electrons. The van der Waals surface area contributed by atoms with Gasteiger partial charge >= 0.3 is 0 Å². The van der Waals surface area contributed by atoms with Crippen molar-refractivity contribution in [2.24, 2.45) is 0 Å². The maximum Gasteiger partial charge on any atom is 0.254 e. The summed E-state index contributed by atoms with van der Waals surface area (Å²) in [5.74, 6) is 0.150. The number of nitrogens with zero attached hydrogens (tertiary/aromatic N) is 1. The van der Waals surface area contributed by atoms with Crippen molar-refractivity contribution < 1.29 is 4.79 Å². The number of hydrogen-bond donors (Lipinski definition) is 0. The van der Waals surface area contributed by atoms with Crippen LogP contribution < -0.4 is 0 Å². The van der Waals surface area contributed by atoms with Crippen LogP contribution in [0.2, 0.25) is 0 Å².